The zero-order chi connectivity index (χ0) is 18.8. The van der Waals surface area contributed by atoms with E-state index in [9.17, 15) is 9.59 Å². The molecule has 1 saturated carbocycles. The lowest BCUT2D eigenvalue weighted by Crippen LogP contribution is -2.41. The minimum absolute atomic E-state index is 0.0485. The fraction of sp³-hybridized carbons (Fsp3) is 0.500. The van der Waals surface area contributed by atoms with E-state index in [0.29, 0.717) is 29.3 Å². The Morgan fingerprint density at radius 2 is 2.00 bits per heavy atom. The van der Waals surface area contributed by atoms with Gasteiger partial charge in [0.25, 0.3) is 0 Å². The number of hydrogen-bond donors (Lipinski definition) is 0. The normalized spacial score (nSPS) is 25.2. The number of amides is 1. The van der Waals surface area contributed by atoms with Crippen LogP contribution in [-0.4, -0.2) is 48.2 Å². The molecule has 1 saturated heterocycles. The van der Waals surface area contributed by atoms with E-state index in [1.165, 1.54) is 0 Å². The van der Waals surface area contributed by atoms with E-state index < -0.39 is 0 Å². The SMILES string of the molecule is CN(C)C=C1CC(N2CCC(Cc3ccc(Cl)cc3Cl)C2=O)CCC1=O. The second kappa shape index (κ2) is 8.01. The molecular formula is C20H24Cl2N2O2. The molecule has 1 heterocycles. The van der Waals surface area contributed by atoms with Crippen LogP contribution in [0.4, 0.5) is 0 Å². The van der Waals surface area contributed by atoms with E-state index in [1.54, 1.807) is 6.07 Å². The van der Waals surface area contributed by atoms with Crippen LogP contribution < -0.4 is 0 Å². The highest BCUT2D eigenvalue weighted by atomic mass is 35.5. The number of rotatable bonds is 4. The molecule has 1 amide bonds. The fourth-order valence-corrected chi connectivity index (χ4v) is 4.38. The highest BCUT2D eigenvalue weighted by Gasteiger charge is 2.38. The molecule has 3 rings (SSSR count). The fourth-order valence-electron chi connectivity index (χ4n) is 3.90. The van der Waals surface area contributed by atoms with Gasteiger partial charge >= 0.3 is 0 Å². The Morgan fingerprint density at radius 1 is 1.23 bits per heavy atom. The average molecular weight is 395 g/mol. The number of ketones is 1. The van der Waals surface area contributed by atoms with Gasteiger partial charge in [-0.2, -0.15) is 0 Å². The lowest BCUT2D eigenvalue weighted by molar-refractivity contribution is -0.134. The summed E-state index contributed by atoms with van der Waals surface area (Å²) in [6, 6.07) is 5.56. The monoisotopic (exact) mass is 394 g/mol. The summed E-state index contributed by atoms with van der Waals surface area (Å²) in [5.74, 6) is 0.332. The second-order valence-corrected chi connectivity index (χ2v) is 8.24. The number of benzene rings is 1. The first-order chi connectivity index (χ1) is 12.3. The third-order valence-corrected chi connectivity index (χ3v) is 5.79. The summed E-state index contributed by atoms with van der Waals surface area (Å²) in [6.45, 7) is 0.753. The van der Waals surface area contributed by atoms with Crippen molar-refractivity contribution in [3.8, 4) is 0 Å². The summed E-state index contributed by atoms with van der Waals surface area (Å²) in [5.41, 5.74) is 1.78. The Balaban J connectivity index is 1.68. The summed E-state index contributed by atoms with van der Waals surface area (Å²) in [5, 5.41) is 1.22. The smallest absolute Gasteiger partial charge is 0.226 e. The Bertz CT molecular complexity index is 745. The summed E-state index contributed by atoms with van der Waals surface area (Å²) in [4.78, 5) is 28.9. The molecule has 1 aliphatic heterocycles. The van der Waals surface area contributed by atoms with Crippen LogP contribution in [0.5, 0.6) is 0 Å². The predicted molar refractivity (Wildman–Crippen MR) is 104 cm³/mol. The molecule has 1 aromatic carbocycles. The van der Waals surface area contributed by atoms with Crippen LogP contribution >= 0.6 is 23.2 Å². The van der Waals surface area contributed by atoms with E-state index in [1.807, 2.05) is 42.2 Å². The molecule has 2 aliphatic rings. The Morgan fingerprint density at radius 3 is 2.69 bits per heavy atom. The van der Waals surface area contributed by atoms with Gasteiger partial charge < -0.3 is 9.80 Å². The van der Waals surface area contributed by atoms with Crippen molar-refractivity contribution in [1.82, 2.24) is 9.80 Å². The third-order valence-electron chi connectivity index (χ3n) is 5.21. The number of nitrogens with zero attached hydrogens (tertiary/aromatic N) is 2. The average Bonchev–Trinajstić information content (AvgIpc) is 2.93. The van der Waals surface area contributed by atoms with Gasteiger partial charge in [-0.15, -0.1) is 0 Å². The van der Waals surface area contributed by atoms with E-state index in [2.05, 4.69) is 0 Å². The maximum absolute atomic E-state index is 12.9. The van der Waals surface area contributed by atoms with E-state index >= 15 is 0 Å². The Labute approximate surface area is 164 Å². The molecule has 0 N–H and O–H groups in total. The van der Waals surface area contributed by atoms with Gasteiger partial charge in [0, 0.05) is 60.8 Å². The van der Waals surface area contributed by atoms with Crippen molar-refractivity contribution in [1.29, 1.82) is 0 Å². The molecule has 0 aromatic heterocycles. The zero-order valence-corrected chi connectivity index (χ0v) is 16.7. The van der Waals surface area contributed by atoms with Crippen LogP contribution in [0.3, 0.4) is 0 Å². The summed E-state index contributed by atoms with van der Waals surface area (Å²) in [7, 11) is 3.83. The van der Waals surface area contributed by atoms with Crippen molar-refractivity contribution < 1.29 is 9.59 Å². The number of Topliss-reactive ketones (excluding diaryl/α,β-unsaturated/α-hetero) is 1. The number of halogens is 2. The minimum atomic E-state index is -0.0485. The molecular weight excluding hydrogens is 371 g/mol. The number of carbonyl (C=O) groups is 2. The molecule has 1 aromatic rings. The van der Waals surface area contributed by atoms with Crippen molar-refractivity contribution in [3.63, 3.8) is 0 Å². The molecule has 140 valence electrons. The van der Waals surface area contributed by atoms with Gasteiger partial charge in [-0.25, -0.2) is 0 Å². The number of carbonyl (C=O) groups excluding carboxylic acids is 2. The van der Waals surface area contributed by atoms with Crippen molar-refractivity contribution in [2.75, 3.05) is 20.6 Å². The zero-order valence-electron chi connectivity index (χ0n) is 15.2. The Hall–Kier alpha value is -1.52. The highest BCUT2D eigenvalue weighted by Crippen LogP contribution is 2.33. The molecule has 26 heavy (non-hydrogen) atoms. The molecule has 2 atom stereocenters. The summed E-state index contributed by atoms with van der Waals surface area (Å²) in [6.07, 6.45) is 5.27. The van der Waals surface area contributed by atoms with Gasteiger partial charge in [0.15, 0.2) is 5.78 Å². The largest absolute Gasteiger partial charge is 0.383 e. The summed E-state index contributed by atoms with van der Waals surface area (Å²) >= 11 is 12.2. The first kappa shape index (κ1) is 19.2. The van der Waals surface area contributed by atoms with E-state index in [0.717, 1.165) is 30.5 Å². The topological polar surface area (TPSA) is 40.6 Å². The van der Waals surface area contributed by atoms with Gasteiger partial charge in [0.05, 0.1) is 0 Å². The first-order valence-electron chi connectivity index (χ1n) is 9.00. The lowest BCUT2D eigenvalue weighted by Gasteiger charge is -2.32. The van der Waals surface area contributed by atoms with Gasteiger partial charge in [0.1, 0.15) is 0 Å². The van der Waals surface area contributed by atoms with E-state index in [-0.39, 0.29) is 23.7 Å². The summed E-state index contributed by atoms with van der Waals surface area (Å²) < 4.78 is 0. The maximum atomic E-state index is 12.9. The first-order valence-corrected chi connectivity index (χ1v) is 9.75. The van der Waals surface area contributed by atoms with E-state index in [4.69, 9.17) is 23.2 Å². The standard InChI is InChI=1S/C20H24Cl2N2O2/c1-23(2)12-15-10-17(5-6-19(15)25)24-8-7-14(20(24)26)9-13-3-4-16(21)11-18(13)22/h3-4,11-12,14,17H,5-10H2,1-2H3. The molecule has 1 aliphatic carbocycles. The molecule has 2 unspecified atom stereocenters. The predicted octanol–water partition coefficient (Wildman–Crippen LogP) is 3.95. The molecule has 2 fully saturated rings. The van der Waals surface area contributed by atoms with Crippen molar-refractivity contribution in [2.45, 2.75) is 38.1 Å². The van der Waals surface area contributed by atoms with Crippen molar-refractivity contribution in [2.24, 2.45) is 5.92 Å². The Kier molecular flexibility index (Phi) is 5.93. The molecule has 0 radical (unpaired) electrons. The second-order valence-electron chi connectivity index (χ2n) is 7.39. The van der Waals surface area contributed by atoms with Gasteiger partial charge in [-0.3, -0.25) is 9.59 Å². The highest BCUT2D eigenvalue weighted by molar-refractivity contribution is 6.35. The van der Waals surface area contributed by atoms with Crippen molar-refractivity contribution >= 4 is 34.9 Å². The quantitative estimate of drug-likeness (QED) is 0.725. The van der Waals surface area contributed by atoms with Gasteiger partial charge in [-0.05, 0) is 43.4 Å². The van der Waals surface area contributed by atoms with Crippen LogP contribution in [-0.2, 0) is 16.0 Å². The van der Waals surface area contributed by atoms with Crippen LogP contribution in [0.1, 0.15) is 31.2 Å². The van der Waals surface area contributed by atoms with Gasteiger partial charge in [-0.1, -0.05) is 29.3 Å². The minimum Gasteiger partial charge on any atom is -0.383 e. The molecule has 0 spiro atoms. The van der Waals surface area contributed by atoms with Gasteiger partial charge in [0.2, 0.25) is 5.91 Å². The number of likely N-dealkylation sites (tertiary alicyclic amines) is 1. The van der Waals surface area contributed by atoms with Crippen molar-refractivity contribution in [3.05, 3.63) is 45.6 Å². The van der Waals surface area contributed by atoms with Crippen LogP contribution in [0.25, 0.3) is 0 Å². The van der Waals surface area contributed by atoms with Crippen LogP contribution in [0, 0.1) is 5.92 Å². The molecule has 4 nitrogen and oxygen atoms in total. The lowest BCUT2D eigenvalue weighted by atomic mass is 9.89. The number of hydrogen-bond acceptors (Lipinski definition) is 3. The van der Waals surface area contributed by atoms with Crippen LogP contribution in [0.15, 0.2) is 30.0 Å². The molecule has 6 heteroatoms. The maximum Gasteiger partial charge on any atom is 0.226 e. The van der Waals surface area contributed by atoms with Crippen LogP contribution in [0.2, 0.25) is 10.0 Å². The molecule has 0 bridgehead atoms. The third kappa shape index (κ3) is 4.24.